The number of carbonyl (C=O) groups is 2. The number of hydrogen-bond acceptors (Lipinski definition) is 3. The van der Waals surface area contributed by atoms with Crippen LogP contribution in [-0.4, -0.2) is 28.1 Å². The van der Waals surface area contributed by atoms with Crippen LogP contribution >= 0.6 is 0 Å². The molecular formula is C22H30N4O2. The molecule has 28 heavy (non-hydrogen) atoms. The fourth-order valence-corrected chi connectivity index (χ4v) is 3.65. The molecule has 3 rings (SSSR count). The van der Waals surface area contributed by atoms with Gasteiger partial charge in [0.25, 0.3) is 0 Å². The first-order valence-electron chi connectivity index (χ1n) is 10.0. The van der Waals surface area contributed by atoms with Crippen molar-refractivity contribution in [1.29, 1.82) is 0 Å². The number of nitrogens with zero attached hydrogens (tertiary/aromatic N) is 3. The maximum Gasteiger partial charge on any atom is 0.227 e. The summed E-state index contributed by atoms with van der Waals surface area (Å²) in [5, 5.41) is 7.57. The number of aryl methyl sites for hydroxylation is 1. The highest BCUT2D eigenvalue weighted by Gasteiger charge is 2.21. The summed E-state index contributed by atoms with van der Waals surface area (Å²) in [5.74, 6) is 0.692. The highest BCUT2D eigenvalue weighted by atomic mass is 16.2. The van der Waals surface area contributed by atoms with Gasteiger partial charge in [0.2, 0.25) is 11.8 Å². The number of anilines is 1. The molecule has 1 aromatic heterocycles. The van der Waals surface area contributed by atoms with E-state index in [1.165, 1.54) is 0 Å². The molecule has 2 aromatic rings. The topological polar surface area (TPSA) is 67.2 Å². The monoisotopic (exact) mass is 382 g/mol. The fourth-order valence-electron chi connectivity index (χ4n) is 3.65. The molecule has 1 saturated heterocycles. The summed E-state index contributed by atoms with van der Waals surface area (Å²) in [5.41, 5.74) is 4.96. The van der Waals surface area contributed by atoms with Gasteiger partial charge in [0, 0.05) is 43.0 Å². The number of rotatable bonds is 7. The lowest BCUT2D eigenvalue weighted by atomic mass is 10.1. The van der Waals surface area contributed by atoms with Crippen molar-refractivity contribution < 1.29 is 9.59 Å². The fraction of sp³-hybridized carbons (Fsp3) is 0.500. The van der Waals surface area contributed by atoms with Crippen LogP contribution in [-0.2, 0) is 29.1 Å². The van der Waals surface area contributed by atoms with E-state index >= 15 is 0 Å². The van der Waals surface area contributed by atoms with E-state index in [1.807, 2.05) is 47.7 Å². The average Bonchev–Trinajstić information content (AvgIpc) is 3.18. The first kappa shape index (κ1) is 20.1. The van der Waals surface area contributed by atoms with Crippen LogP contribution in [0.25, 0.3) is 0 Å². The Morgan fingerprint density at radius 1 is 1.21 bits per heavy atom. The maximum absolute atomic E-state index is 12.4. The molecule has 1 aromatic carbocycles. The molecule has 1 aliphatic heterocycles. The predicted molar refractivity (Wildman–Crippen MR) is 110 cm³/mol. The zero-order valence-electron chi connectivity index (χ0n) is 17.3. The van der Waals surface area contributed by atoms with Gasteiger partial charge in [0.15, 0.2) is 0 Å². The molecule has 0 bridgehead atoms. The first-order chi connectivity index (χ1) is 13.3. The molecule has 150 valence electrons. The number of aromatic nitrogens is 2. The molecule has 0 radical (unpaired) electrons. The minimum absolute atomic E-state index is 0.00547. The van der Waals surface area contributed by atoms with Crippen LogP contribution in [0.5, 0.6) is 0 Å². The number of carbonyl (C=O) groups excluding carboxylic acids is 2. The molecule has 2 heterocycles. The second-order valence-corrected chi connectivity index (χ2v) is 7.99. The summed E-state index contributed by atoms with van der Waals surface area (Å²) in [6.45, 7) is 10.4. The van der Waals surface area contributed by atoms with Crippen LogP contribution in [0.15, 0.2) is 24.3 Å². The average molecular weight is 383 g/mol. The van der Waals surface area contributed by atoms with Gasteiger partial charge in [-0.15, -0.1) is 0 Å². The summed E-state index contributed by atoms with van der Waals surface area (Å²) in [6, 6.07) is 7.85. The molecule has 1 fully saturated rings. The highest BCUT2D eigenvalue weighted by Crippen LogP contribution is 2.21. The lowest BCUT2D eigenvalue weighted by molar-refractivity contribution is -0.120. The number of hydrogen-bond donors (Lipinski definition) is 1. The van der Waals surface area contributed by atoms with Crippen LogP contribution in [0.1, 0.15) is 49.2 Å². The van der Waals surface area contributed by atoms with E-state index in [0.29, 0.717) is 25.3 Å². The summed E-state index contributed by atoms with van der Waals surface area (Å²) in [4.78, 5) is 26.1. The molecule has 1 aliphatic rings. The van der Waals surface area contributed by atoms with Gasteiger partial charge >= 0.3 is 0 Å². The Hall–Kier alpha value is -2.63. The molecule has 2 amide bonds. The lowest BCUT2D eigenvalue weighted by Gasteiger charge is -2.16. The van der Waals surface area contributed by atoms with Gasteiger partial charge in [-0.25, -0.2) is 0 Å². The molecule has 0 aliphatic carbocycles. The first-order valence-corrected chi connectivity index (χ1v) is 10.0. The van der Waals surface area contributed by atoms with E-state index in [0.717, 1.165) is 47.7 Å². The van der Waals surface area contributed by atoms with Crippen LogP contribution < -0.4 is 10.2 Å². The predicted octanol–water partition coefficient (Wildman–Crippen LogP) is 3.14. The van der Waals surface area contributed by atoms with Crippen molar-refractivity contribution in [1.82, 2.24) is 15.1 Å². The standard InChI is InChI=1S/C22H30N4O2/c1-15(2)14-26-17(4)20(16(3)24-26)12-21(27)23-13-18-7-9-19(10-8-18)25-11-5-6-22(25)28/h7-10,15H,5-6,11-14H2,1-4H3,(H,23,27). The van der Waals surface area contributed by atoms with E-state index in [2.05, 4.69) is 24.3 Å². The number of amides is 2. The summed E-state index contributed by atoms with van der Waals surface area (Å²) < 4.78 is 2.00. The van der Waals surface area contributed by atoms with Crippen LogP contribution in [0.4, 0.5) is 5.69 Å². The molecule has 6 nitrogen and oxygen atoms in total. The maximum atomic E-state index is 12.4. The van der Waals surface area contributed by atoms with Gasteiger partial charge in [-0.2, -0.15) is 5.10 Å². The Morgan fingerprint density at radius 3 is 2.54 bits per heavy atom. The van der Waals surface area contributed by atoms with E-state index in [4.69, 9.17) is 0 Å². The van der Waals surface area contributed by atoms with Gasteiger partial charge < -0.3 is 10.2 Å². The Morgan fingerprint density at radius 2 is 1.93 bits per heavy atom. The minimum Gasteiger partial charge on any atom is -0.352 e. The molecule has 0 unspecified atom stereocenters. The molecule has 1 N–H and O–H groups in total. The summed E-state index contributed by atoms with van der Waals surface area (Å²) in [6.07, 6.45) is 1.89. The van der Waals surface area contributed by atoms with Crippen molar-refractivity contribution in [2.45, 2.75) is 60.0 Å². The van der Waals surface area contributed by atoms with Crippen LogP contribution in [0, 0.1) is 19.8 Å². The Kier molecular flexibility index (Phi) is 6.17. The Bertz CT molecular complexity index is 852. The molecule has 6 heteroatoms. The van der Waals surface area contributed by atoms with Gasteiger partial charge in [-0.05, 0) is 43.9 Å². The summed E-state index contributed by atoms with van der Waals surface area (Å²) in [7, 11) is 0. The zero-order chi connectivity index (χ0) is 20.3. The highest BCUT2D eigenvalue weighted by molar-refractivity contribution is 5.95. The third-order valence-electron chi connectivity index (χ3n) is 5.22. The Labute approximate surface area is 166 Å². The molecule has 0 atom stereocenters. The van der Waals surface area contributed by atoms with Gasteiger partial charge in [-0.3, -0.25) is 14.3 Å². The van der Waals surface area contributed by atoms with E-state index in [1.54, 1.807) is 0 Å². The van der Waals surface area contributed by atoms with Gasteiger partial charge in [0.05, 0.1) is 12.1 Å². The largest absolute Gasteiger partial charge is 0.352 e. The third kappa shape index (κ3) is 4.61. The second kappa shape index (κ2) is 8.59. The lowest BCUT2D eigenvalue weighted by Crippen LogP contribution is -2.25. The minimum atomic E-state index is -0.00547. The van der Waals surface area contributed by atoms with Crippen molar-refractivity contribution in [3.63, 3.8) is 0 Å². The number of nitrogens with one attached hydrogen (secondary N) is 1. The smallest absolute Gasteiger partial charge is 0.227 e. The number of benzene rings is 1. The van der Waals surface area contributed by atoms with Gasteiger partial charge in [0.1, 0.15) is 0 Å². The van der Waals surface area contributed by atoms with Crippen LogP contribution in [0.3, 0.4) is 0 Å². The Balaban J connectivity index is 1.56. The SMILES string of the molecule is Cc1nn(CC(C)C)c(C)c1CC(=O)NCc1ccc(N2CCCC2=O)cc1. The van der Waals surface area contributed by atoms with E-state index < -0.39 is 0 Å². The van der Waals surface area contributed by atoms with Crippen molar-refractivity contribution in [3.8, 4) is 0 Å². The summed E-state index contributed by atoms with van der Waals surface area (Å²) >= 11 is 0. The van der Waals surface area contributed by atoms with Crippen molar-refractivity contribution in [2.75, 3.05) is 11.4 Å². The van der Waals surface area contributed by atoms with E-state index in [-0.39, 0.29) is 11.8 Å². The van der Waals surface area contributed by atoms with Crippen LogP contribution in [0.2, 0.25) is 0 Å². The van der Waals surface area contributed by atoms with Crippen molar-refractivity contribution in [3.05, 3.63) is 46.8 Å². The molecular weight excluding hydrogens is 352 g/mol. The third-order valence-corrected chi connectivity index (χ3v) is 5.22. The van der Waals surface area contributed by atoms with Crippen molar-refractivity contribution in [2.24, 2.45) is 5.92 Å². The second-order valence-electron chi connectivity index (χ2n) is 7.99. The quantitative estimate of drug-likeness (QED) is 0.800. The van der Waals surface area contributed by atoms with E-state index in [9.17, 15) is 9.59 Å². The molecule has 0 spiro atoms. The zero-order valence-corrected chi connectivity index (χ0v) is 17.3. The van der Waals surface area contributed by atoms with Crippen molar-refractivity contribution >= 4 is 17.5 Å². The molecule has 0 saturated carbocycles. The van der Waals surface area contributed by atoms with Gasteiger partial charge in [-0.1, -0.05) is 26.0 Å². The normalized spacial score (nSPS) is 14.2.